The van der Waals surface area contributed by atoms with E-state index < -0.39 is 5.91 Å². The molecule has 3 rings (SSSR count). The van der Waals surface area contributed by atoms with Crippen LogP contribution in [0, 0.1) is 11.3 Å². The van der Waals surface area contributed by atoms with E-state index in [0.29, 0.717) is 21.9 Å². The molecule has 0 saturated carbocycles. The maximum Gasteiger partial charge on any atom is 0.266 e. The monoisotopic (exact) mass is 368 g/mol. The smallest absolute Gasteiger partial charge is 0.266 e. The van der Waals surface area contributed by atoms with Crippen molar-refractivity contribution in [2.45, 2.75) is 0 Å². The van der Waals surface area contributed by atoms with Crippen molar-refractivity contribution >= 4 is 51.9 Å². The van der Waals surface area contributed by atoms with E-state index in [-0.39, 0.29) is 10.6 Å². The van der Waals surface area contributed by atoms with Gasteiger partial charge in [0, 0.05) is 0 Å². The van der Waals surface area contributed by atoms with E-state index >= 15 is 0 Å². The van der Waals surface area contributed by atoms with E-state index in [1.165, 1.54) is 12.3 Å². The van der Waals surface area contributed by atoms with E-state index in [1.54, 1.807) is 24.3 Å². The first-order valence-corrected chi connectivity index (χ1v) is 7.93. The highest BCUT2D eigenvalue weighted by Gasteiger charge is 2.13. The number of hydrogen-bond acceptors (Lipinski definition) is 4. The van der Waals surface area contributed by atoms with Crippen LogP contribution in [0.3, 0.4) is 0 Å². The Kier molecular flexibility index (Phi) is 4.94. The van der Waals surface area contributed by atoms with Crippen LogP contribution in [0.4, 0.5) is 5.69 Å². The number of amides is 1. The minimum atomic E-state index is -0.610. The second-order valence-electron chi connectivity index (χ2n) is 5.01. The van der Waals surface area contributed by atoms with Crippen molar-refractivity contribution in [1.82, 2.24) is 9.97 Å². The van der Waals surface area contributed by atoms with Gasteiger partial charge in [0.1, 0.15) is 11.6 Å². The van der Waals surface area contributed by atoms with Crippen LogP contribution in [0.5, 0.6) is 0 Å². The molecule has 1 N–H and O–H groups in total. The Hall–Kier alpha value is -2.94. The molecule has 0 aliphatic carbocycles. The molecule has 7 heteroatoms. The Morgan fingerprint density at radius 2 is 1.88 bits per heavy atom. The number of hydrogen-bond donors (Lipinski definition) is 1. The first kappa shape index (κ1) is 16.9. The van der Waals surface area contributed by atoms with Crippen molar-refractivity contribution < 1.29 is 4.79 Å². The third-order valence-corrected chi connectivity index (χ3v) is 4.14. The molecule has 0 saturated heterocycles. The number of anilines is 1. The van der Waals surface area contributed by atoms with Crippen LogP contribution in [0.2, 0.25) is 10.0 Å². The van der Waals surface area contributed by atoms with Crippen LogP contribution in [0.25, 0.3) is 17.1 Å². The van der Waals surface area contributed by atoms with Gasteiger partial charge < -0.3 is 5.32 Å². The Bertz CT molecular complexity index is 1040. The van der Waals surface area contributed by atoms with Crippen molar-refractivity contribution in [2.24, 2.45) is 0 Å². The zero-order valence-corrected chi connectivity index (χ0v) is 14.2. The average Bonchev–Trinajstić information content (AvgIpc) is 2.63. The Morgan fingerprint density at radius 3 is 2.64 bits per heavy atom. The summed E-state index contributed by atoms with van der Waals surface area (Å²) >= 11 is 12.0. The number of fused-ring (bicyclic) bond motifs is 1. The van der Waals surface area contributed by atoms with Crippen LogP contribution in [-0.2, 0) is 4.79 Å². The summed E-state index contributed by atoms with van der Waals surface area (Å²) in [6, 6.07) is 14.0. The number of carbonyl (C=O) groups is 1. The molecule has 0 radical (unpaired) electrons. The van der Waals surface area contributed by atoms with E-state index in [0.717, 1.165) is 5.52 Å². The molecule has 122 valence electrons. The third-order valence-electron chi connectivity index (χ3n) is 3.32. The molecule has 0 fully saturated rings. The Balaban J connectivity index is 1.90. The van der Waals surface area contributed by atoms with Crippen molar-refractivity contribution in [3.05, 3.63) is 70.0 Å². The number of para-hydroxylation sites is 2. The summed E-state index contributed by atoms with van der Waals surface area (Å²) in [6.07, 6.45) is 2.87. The summed E-state index contributed by atoms with van der Waals surface area (Å²) in [6.45, 7) is 0. The lowest BCUT2D eigenvalue weighted by molar-refractivity contribution is -0.112. The average molecular weight is 369 g/mol. The summed E-state index contributed by atoms with van der Waals surface area (Å²) < 4.78 is 0. The second-order valence-corrected chi connectivity index (χ2v) is 5.79. The minimum absolute atomic E-state index is 0.124. The highest BCUT2D eigenvalue weighted by molar-refractivity contribution is 6.44. The fourth-order valence-electron chi connectivity index (χ4n) is 2.13. The normalized spacial score (nSPS) is 11.2. The number of nitrogens with one attached hydrogen (secondary N) is 1. The largest absolute Gasteiger partial charge is 0.320 e. The number of rotatable bonds is 3. The van der Waals surface area contributed by atoms with Crippen LogP contribution in [0.1, 0.15) is 5.69 Å². The summed E-state index contributed by atoms with van der Waals surface area (Å²) in [5, 5.41) is 12.4. The Labute approximate surface area is 153 Å². The summed E-state index contributed by atoms with van der Waals surface area (Å²) in [7, 11) is 0. The van der Waals surface area contributed by atoms with E-state index in [9.17, 15) is 10.1 Å². The molecule has 0 bridgehead atoms. The quantitative estimate of drug-likeness (QED) is 0.545. The lowest BCUT2D eigenvalue weighted by Gasteiger charge is -2.07. The molecular formula is C18H10Cl2N4O. The minimum Gasteiger partial charge on any atom is -0.320 e. The van der Waals surface area contributed by atoms with Gasteiger partial charge in [-0.05, 0) is 30.3 Å². The van der Waals surface area contributed by atoms with Crippen molar-refractivity contribution in [2.75, 3.05) is 5.32 Å². The van der Waals surface area contributed by atoms with Crippen molar-refractivity contribution in [3.63, 3.8) is 0 Å². The van der Waals surface area contributed by atoms with Crippen molar-refractivity contribution in [3.8, 4) is 6.07 Å². The number of nitrogens with zero attached hydrogens (tertiary/aromatic N) is 3. The topological polar surface area (TPSA) is 78.7 Å². The first-order chi connectivity index (χ1) is 12.1. The van der Waals surface area contributed by atoms with Crippen LogP contribution < -0.4 is 5.32 Å². The molecule has 1 amide bonds. The number of carbonyl (C=O) groups excluding carboxylic acids is 1. The first-order valence-electron chi connectivity index (χ1n) is 7.17. The fourth-order valence-corrected chi connectivity index (χ4v) is 2.48. The standard InChI is InChI=1S/C18H10Cl2N4O/c19-13-4-3-7-16(17(13)20)24-18(25)11(9-21)8-12-10-22-14-5-1-2-6-15(14)23-12/h1-8,10H,(H,24,25)/b11-8+. The molecule has 25 heavy (non-hydrogen) atoms. The van der Waals surface area contributed by atoms with Crippen LogP contribution in [-0.4, -0.2) is 15.9 Å². The van der Waals surface area contributed by atoms with Crippen LogP contribution >= 0.6 is 23.2 Å². The summed E-state index contributed by atoms with van der Waals surface area (Å²) in [5.41, 5.74) is 2.01. The SMILES string of the molecule is N#C/C(=C\c1cnc2ccccc2n1)C(=O)Nc1cccc(Cl)c1Cl. The zero-order chi connectivity index (χ0) is 17.8. The number of benzene rings is 2. The van der Waals surface area contributed by atoms with E-state index in [1.807, 2.05) is 24.3 Å². The van der Waals surface area contributed by atoms with Gasteiger partial charge in [0.15, 0.2) is 0 Å². The van der Waals surface area contributed by atoms with Crippen LogP contribution in [0.15, 0.2) is 54.2 Å². The lowest BCUT2D eigenvalue weighted by atomic mass is 10.2. The third kappa shape index (κ3) is 3.77. The van der Waals surface area contributed by atoms with Gasteiger partial charge in [-0.15, -0.1) is 0 Å². The molecule has 2 aromatic carbocycles. The molecular weight excluding hydrogens is 359 g/mol. The molecule has 0 aliphatic heterocycles. The van der Waals surface area contributed by atoms with Gasteiger partial charge in [0.25, 0.3) is 5.91 Å². The Morgan fingerprint density at radius 1 is 1.12 bits per heavy atom. The molecule has 0 unspecified atom stereocenters. The number of aromatic nitrogens is 2. The molecule has 0 atom stereocenters. The highest BCUT2D eigenvalue weighted by atomic mass is 35.5. The molecule has 5 nitrogen and oxygen atoms in total. The van der Waals surface area contributed by atoms with Gasteiger partial charge >= 0.3 is 0 Å². The zero-order valence-electron chi connectivity index (χ0n) is 12.7. The van der Waals surface area contributed by atoms with Gasteiger partial charge in [-0.1, -0.05) is 41.4 Å². The fraction of sp³-hybridized carbons (Fsp3) is 0. The van der Waals surface area contributed by atoms with Gasteiger partial charge in [-0.2, -0.15) is 5.26 Å². The van der Waals surface area contributed by atoms with Gasteiger partial charge in [-0.3, -0.25) is 9.78 Å². The van der Waals surface area contributed by atoms with Gasteiger partial charge in [-0.25, -0.2) is 4.98 Å². The van der Waals surface area contributed by atoms with Crippen molar-refractivity contribution in [1.29, 1.82) is 5.26 Å². The van der Waals surface area contributed by atoms with Gasteiger partial charge in [0.2, 0.25) is 0 Å². The molecule has 1 aromatic heterocycles. The highest BCUT2D eigenvalue weighted by Crippen LogP contribution is 2.29. The predicted molar refractivity (Wildman–Crippen MR) is 98.2 cm³/mol. The maximum atomic E-state index is 12.3. The summed E-state index contributed by atoms with van der Waals surface area (Å²) in [5.74, 6) is -0.610. The van der Waals surface area contributed by atoms with Gasteiger partial charge in [0.05, 0.1) is 38.7 Å². The molecule has 0 spiro atoms. The number of halogens is 2. The molecule has 0 aliphatic rings. The lowest BCUT2D eigenvalue weighted by Crippen LogP contribution is -2.14. The number of nitriles is 1. The van der Waals surface area contributed by atoms with E-state index in [4.69, 9.17) is 23.2 Å². The summed E-state index contributed by atoms with van der Waals surface area (Å²) in [4.78, 5) is 20.9. The maximum absolute atomic E-state index is 12.3. The predicted octanol–water partition coefficient (Wildman–Crippen LogP) is 4.48. The molecule has 3 aromatic rings. The second kappa shape index (κ2) is 7.31. The molecule has 1 heterocycles. The van der Waals surface area contributed by atoms with E-state index in [2.05, 4.69) is 15.3 Å².